The lowest BCUT2D eigenvalue weighted by Gasteiger charge is -2.52. The van der Waals surface area contributed by atoms with Crippen molar-refractivity contribution >= 4 is 0 Å². The number of hydrogen-bond acceptors (Lipinski definition) is 2. The fourth-order valence-corrected chi connectivity index (χ4v) is 5.12. The zero-order valence-electron chi connectivity index (χ0n) is 14.5. The second kappa shape index (κ2) is 4.71. The molecule has 0 amide bonds. The average molecular weight is 282 g/mol. The minimum atomic E-state index is -0.576. The molecule has 0 radical (unpaired) electrons. The van der Waals surface area contributed by atoms with Gasteiger partial charge in [-0.25, -0.2) is 0 Å². The molecule has 1 aliphatic heterocycles. The van der Waals surface area contributed by atoms with Crippen molar-refractivity contribution in [2.45, 2.75) is 97.4 Å². The van der Waals surface area contributed by atoms with E-state index in [2.05, 4.69) is 48.5 Å². The van der Waals surface area contributed by atoms with Crippen molar-refractivity contribution in [2.24, 2.45) is 17.3 Å². The predicted octanol–water partition coefficient (Wildman–Crippen LogP) is 4.55. The van der Waals surface area contributed by atoms with Crippen LogP contribution in [0.3, 0.4) is 0 Å². The van der Waals surface area contributed by atoms with Gasteiger partial charge in [-0.3, -0.25) is 0 Å². The summed E-state index contributed by atoms with van der Waals surface area (Å²) in [6.07, 6.45) is 5.44. The average Bonchev–Trinajstić information content (AvgIpc) is 2.46. The van der Waals surface area contributed by atoms with Crippen LogP contribution in [0.1, 0.15) is 80.6 Å². The molecule has 0 aromatic carbocycles. The van der Waals surface area contributed by atoms with Gasteiger partial charge in [0, 0.05) is 5.92 Å². The van der Waals surface area contributed by atoms with Gasteiger partial charge in [0.2, 0.25) is 0 Å². The molecule has 0 spiro atoms. The predicted molar refractivity (Wildman–Crippen MR) is 83.7 cm³/mol. The Hall–Kier alpha value is -0.0800. The maximum atomic E-state index is 11.7. The van der Waals surface area contributed by atoms with Gasteiger partial charge in [-0.2, -0.15) is 0 Å². The van der Waals surface area contributed by atoms with Gasteiger partial charge in [0.25, 0.3) is 0 Å². The standard InChI is InChI=1S/C18H34O2/c1-15(2,3)13-10-8-9-11-18(13,19)14-12-16(4,5)20-17(14,6)7/h13-14,19H,8-12H2,1-7H3. The van der Waals surface area contributed by atoms with E-state index in [1.54, 1.807) is 0 Å². The summed E-state index contributed by atoms with van der Waals surface area (Å²) in [5, 5.41) is 11.7. The van der Waals surface area contributed by atoms with E-state index in [0.717, 1.165) is 25.7 Å². The molecule has 1 saturated heterocycles. The summed E-state index contributed by atoms with van der Waals surface area (Å²) in [5.74, 6) is 0.597. The molecule has 1 N–H and O–H groups in total. The Bertz CT molecular complexity index is 364. The summed E-state index contributed by atoms with van der Waals surface area (Å²) < 4.78 is 6.27. The third-order valence-electron chi connectivity index (χ3n) is 5.65. The molecule has 2 nitrogen and oxygen atoms in total. The van der Waals surface area contributed by atoms with E-state index in [-0.39, 0.29) is 22.5 Å². The van der Waals surface area contributed by atoms with Crippen LogP contribution in [0.25, 0.3) is 0 Å². The monoisotopic (exact) mass is 282 g/mol. The lowest BCUT2D eigenvalue weighted by Crippen LogP contribution is -2.56. The molecule has 0 aromatic heterocycles. The first-order valence-electron chi connectivity index (χ1n) is 8.31. The molecule has 0 aromatic rings. The largest absolute Gasteiger partial charge is 0.389 e. The molecule has 0 bridgehead atoms. The number of rotatable bonds is 1. The summed E-state index contributed by atoms with van der Waals surface area (Å²) in [4.78, 5) is 0. The molecule has 3 atom stereocenters. The van der Waals surface area contributed by atoms with Crippen LogP contribution < -0.4 is 0 Å². The molecule has 1 aliphatic carbocycles. The second-order valence-corrected chi connectivity index (χ2v) is 9.38. The summed E-state index contributed by atoms with van der Waals surface area (Å²) in [6, 6.07) is 0. The molecule has 20 heavy (non-hydrogen) atoms. The molecule has 2 rings (SSSR count). The van der Waals surface area contributed by atoms with Crippen LogP contribution in [-0.4, -0.2) is 21.9 Å². The van der Waals surface area contributed by atoms with Crippen molar-refractivity contribution in [3.63, 3.8) is 0 Å². The SMILES string of the molecule is CC1(C)CC(C2(O)CCCCC2C(C)(C)C)C(C)(C)O1. The molecule has 118 valence electrons. The number of ether oxygens (including phenoxy) is 1. The second-order valence-electron chi connectivity index (χ2n) is 9.38. The maximum Gasteiger partial charge on any atom is 0.0737 e. The van der Waals surface area contributed by atoms with Crippen LogP contribution in [0, 0.1) is 17.3 Å². The molecule has 2 heteroatoms. The van der Waals surface area contributed by atoms with Crippen molar-refractivity contribution in [1.82, 2.24) is 0 Å². The van der Waals surface area contributed by atoms with Gasteiger partial charge < -0.3 is 9.84 Å². The first-order chi connectivity index (χ1) is 8.89. The van der Waals surface area contributed by atoms with Crippen molar-refractivity contribution in [3.05, 3.63) is 0 Å². The Kier molecular flexibility index (Phi) is 3.84. The van der Waals surface area contributed by atoms with Crippen molar-refractivity contribution < 1.29 is 9.84 Å². The molecule has 3 unspecified atom stereocenters. The Morgan fingerprint density at radius 1 is 1.05 bits per heavy atom. The van der Waals surface area contributed by atoms with Crippen LogP contribution in [-0.2, 0) is 4.74 Å². The quantitative estimate of drug-likeness (QED) is 0.764. The minimum Gasteiger partial charge on any atom is -0.389 e. The van der Waals surface area contributed by atoms with Gasteiger partial charge in [-0.05, 0) is 58.3 Å². The summed E-state index contributed by atoms with van der Waals surface area (Å²) >= 11 is 0. The van der Waals surface area contributed by atoms with E-state index >= 15 is 0 Å². The fraction of sp³-hybridized carbons (Fsp3) is 1.00. The Labute approximate surface area is 125 Å². The fourth-order valence-electron chi connectivity index (χ4n) is 5.12. The zero-order chi connectivity index (χ0) is 15.4. The van der Waals surface area contributed by atoms with E-state index in [1.807, 2.05) is 0 Å². The Morgan fingerprint density at radius 3 is 2.10 bits per heavy atom. The zero-order valence-corrected chi connectivity index (χ0v) is 14.5. The lowest BCUT2D eigenvalue weighted by atomic mass is 9.56. The van der Waals surface area contributed by atoms with Gasteiger partial charge in [0.05, 0.1) is 16.8 Å². The van der Waals surface area contributed by atoms with Crippen molar-refractivity contribution in [2.75, 3.05) is 0 Å². The van der Waals surface area contributed by atoms with Gasteiger partial charge in [0.15, 0.2) is 0 Å². The third kappa shape index (κ3) is 2.78. The van der Waals surface area contributed by atoms with Crippen LogP contribution in [0.2, 0.25) is 0 Å². The molecular weight excluding hydrogens is 248 g/mol. The van der Waals surface area contributed by atoms with Crippen LogP contribution in [0.4, 0.5) is 0 Å². The van der Waals surface area contributed by atoms with Crippen molar-refractivity contribution in [3.8, 4) is 0 Å². The van der Waals surface area contributed by atoms with Crippen LogP contribution in [0.15, 0.2) is 0 Å². The lowest BCUT2D eigenvalue weighted by molar-refractivity contribution is -0.166. The van der Waals surface area contributed by atoms with Crippen LogP contribution in [0.5, 0.6) is 0 Å². The van der Waals surface area contributed by atoms with Crippen LogP contribution >= 0.6 is 0 Å². The van der Waals surface area contributed by atoms with E-state index in [0.29, 0.717) is 5.92 Å². The maximum absolute atomic E-state index is 11.7. The Balaban J connectivity index is 2.37. The Morgan fingerprint density at radius 2 is 1.65 bits per heavy atom. The molecule has 2 aliphatic rings. The summed E-state index contributed by atoms with van der Waals surface area (Å²) in [6.45, 7) is 15.5. The van der Waals surface area contributed by atoms with Gasteiger partial charge in [-0.1, -0.05) is 33.6 Å². The smallest absolute Gasteiger partial charge is 0.0737 e. The van der Waals surface area contributed by atoms with Crippen molar-refractivity contribution in [1.29, 1.82) is 0 Å². The highest BCUT2D eigenvalue weighted by molar-refractivity contribution is 5.09. The number of aliphatic hydroxyl groups is 1. The highest BCUT2D eigenvalue weighted by atomic mass is 16.5. The first-order valence-corrected chi connectivity index (χ1v) is 8.31. The molecule has 1 saturated carbocycles. The van der Waals surface area contributed by atoms with E-state index in [1.165, 1.54) is 6.42 Å². The molecular formula is C18H34O2. The van der Waals surface area contributed by atoms with E-state index < -0.39 is 5.60 Å². The van der Waals surface area contributed by atoms with Gasteiger partial charge in [0.1, 0.15) is 0 Å². The molecule has 2 fully saturated rings. The first kappa shape index (κ1) is 16.3. The third-order valence-corrected chi connectivity index (χ3v) is 5.65. The minimum absolute atomic E-state index is 0.121. The highest BCUT2D eigenvalue weighted by Crippen LogP contribution is 2.56. The topological polar surface area (TPSA) is 29.5 Å². The van der Waals surface area contributed by atoms with E-state index in [9.17, 15) is 5.11 Å². The molecule has 1 heterocycles. The normalized spacial score (nSPS) is 40.8. The number of hydrogen-bond donors (Lipinski definition) is 1. The summed E-state index contributed by atoms with van der Waals surface area (Å²) in [5.41, 5.74) is -0.783. The summed E-state index contributed by atoms with van der Waals surface area (Å²) in [7, 11) is 0. The highest BCUT2D eigenvalue weighted by Gasteiger charge is 2.59. The van der Waals surface area contributed by atoms with Gasteiger partial charge in [-0.15, -0.1) is 0 Å². The van der Waals surface area contributed by atoms with Gasteiger partial charge >= 0.3 is 0 Å². The van der Waals surface area contributed by atoms with E-state index in [4.69, 9.17) is 4.74 Å².